The molecule has 0 N–H and O–H groups in total. The topological polar surface area (TPSA) is 36.7 Å². The van der Waals surface area contributed by atoms with Gasteiger partial charge in [-0.1, -0.05) is 37.3 Å². The minimum atomic E-state index is 0.233. The van der Waals surface area contributed by atoms with Gasteiger partial charge in [0.05, 0.1) is 6.07 Å². The van der Waals surface area contributed by atoms with E-state index >= 15 is 0 Å². The Balaban J connectivity index is 2.33. The summed E-state index contributed by atoms with van der Waals surface area (Å²) >= 11 is 0. The third-order valence-corrected chi connectivity index (χ3v) is 2.83. The van der Waals surface area contributed by atoms with Crippen LogP contribution in [0.3, 0.4) is 0 Å². The molecule has 2 rings (SSSR count). The van der Waals surface area contributed by atoms with Crippen LogP contribution in [0.5, 0.6) is 0 Å². The third-order valence-electron chi connectivity index (χ3n) is 2.83. The molecule has 2 nitrogen and oxygen atoms in total. The Hall–Kier alpha value is -2.14. The SMILES string of the molecule is CC(CC#N)c1cncc(-c2ccccc2)c1. The molecule has 1 aromatic carbocycles. The highest BCUT2D eigenvalue weighted by molar-refractivity contribution is 5.62. The zero-order valence-corrected chi connectivity index (χ0v) is 9.80. The van der Waals surface area contributed by atoms with Crippen LogP contribution in [0.1, 0.15) is 24.8 Å². The van der Waals surface area contributed by atoms with Crippen molar-refractivity contribution in [1.82, 2.24) is 4.98 Å². The Kier molecular flexibility index (Phi) is 3.52. The summed E-state index contributed by atoms with van der Waals surface area (Å²) in [5.41, 5.74) is 3.38. The maximum Gasteiger partial charge on any atom is 0.0628 e. The maximum atomic E-state index is 8.71. The lowest BCUT2D eigenvalue weighted by Crippen LogP contribution is -1.93. The highest BCUT2D eigenvalue weighted by Crippen LogP contribution is 2.24. The molecular weight excluding hydrogens is 208 g/mol. The van der Waals surface area contributed by atoms with E-state index in [1.165, 1.54) is 0 Å². The minimum absolute atomic E-state index is 0.233. The quantitative estimate of drug-likeness (QED) is 0.792. The molecule has 2 aromatic rings. The van der Waals surface area contributed by atoms with Crippen LogP contribution >= 0.6 is 0 Å². The first-order valence-corrected chi connectivity index (χ1v) is 5.68. The van der Waals surface area contributed by atoms with Crippen molar-refractivity contribution in [3.8, 4) is 17.2 Å². The number of benzene rings is 1. The first kappa shape index (κ1) is 11.3. The molecule has 84 valence electrons. The Morgan fingerprint density at radius 1 is 1.18 bits per heavy atom. The van der Waals surface area contributed by atoms with Gasteiger partial charge in [-0.2, -0.15) is 5.26 Å². The molecule has 17 heavy (non-hydrogen) atoms. The van der Waals surface area contributed by atoms with Crippen molar-refractivity contribution in [1.29, 1.82) is 5.26 Å². The second-order valence-corrected chi connectivity index (χ2v) is 4.14. The molecule has 0 saturated heterocycles. The zero-order valence-electron chi connectivity index (χ0n) is 9.80. The van der Waals surface area contributed by atoms with Gasteiger partial charge >= 0.3 is 0 Å². The summed E-state index contributed by atoms with van der Waals surface area (Å²) in [5, 5.41) is 8.71. The molecule has 0 radical (unpaired) electrons. The molecule has 0 aliphatic rings. The number of nitrogens with zero attached hydrogens (tertiary/aromatic N) is 2. The average Bonchev–Trinajstić information content (AvgIpc) is 2.40. The summed E-state index contributed by atoms with van der Waals surface area (Å²) in [6, 6.07) is 14.5. The van der Waals surface area contributed by atoms with Gasteiger partial charge in [0.1, 0.15) is 0 Å². The molecule has 1 atom stereocenters. The van der Waals surface area contributed by atoms with Gasteiger partial charge in [-0.15, -0.1) is 0 Å². The van der Waals surface area contributed by atoms with Crippen molar-refractivity contribution in [3.05, 3.63) is 54.4 Å². The molecular formula is C15H14N2. The van der Waals surface area contributed by atoms with E-state index in [4.69, 9.17) is 5.26 Å². The number of hydrogen-bond acceptors (Lipinski definition) is 2. The van der Waals surface area contributed by atoms with Crippen molar-refractivity contribution < 1.29 is 0 Å². The summed E-state index contributed by atoms with van der Waals surface area (Å²) in [5.74, 6) is 0.233. The van der Waals surface area contributed by atoms with Crippen molar-refractivity contribution >= 4 is 0 Å². The predicted octanol–water partition coefficient (Wildman–Crippen LogP) is 3.77. The van der Waals surface area contributed by atoms with Crippen LogP contribution < -0.4 is 0 Å². The molecule has 0 saturated carbocycles. The largest absolute Gasteiger partial charge is 0.264 e. The van der Waals surface area contributed by atoms with Gasteiger partial charge in [0, 0.05) is 24.4 Å². The fraction of sp³-hybridized carbons (Fsp3) is 0.200. The van der Waals surface area contributed by atoms with E-state index in [2.05, 4.69) is 36.2 Å². The first-order valence-electron chi connectivity index (χ1n) is 5.68. The maximum absolute atomic E-state index is 8.71. The lowest BCUT2D eigenvalue weighted by molar-refractivity contribution is 0.784. The van der Waals surface area contributed by atoms with E-state index in [1.54, 1.807) is 0 Å². The second kappa shape index (κ2) is 5.27. The fourth-order valence-electron chi connectivity index (χ4n) is 1.77. The molecule has 1 heterocycles. The van der Waals surface area contributed by atoms with Gasteiger partial charge in [-0.3, -0.25) is 4.98 Å². The number of aromatic nitrogens is 1. The summed E-state index contributed by atoms with van der Waals surface area (Å²) < 4.78 is 0. The number of nitriles is 1. The van der Waals surface area contributed by atoms with Crippen molar-refractivity contribution in [3.63, 3.8) is 0 Å². The van der Waals surface area contributed by atoms with Gasteiger partial charge in [0.15, 0.2) is 0 Å². The molecule has 0 fully saturated rings. The molecule has 2 heteroatoms. The van der Waals surface area contributed by atoms with Crippen molar-refractivity contribution in [2.45, 2.75) is 19.3 Å². The number of pyridine rings is 1. The van der Waals surface area contributed by atoms with E-state index in [0.717, 1.165) is 16.7 Å². The summed E-state index contributed by atoms with van der Waals surface area (Å²) in [7, 11) is 0. The monoisotopic (exact) mass is 222 g/mol. The molecule has 1 unspecified atom stereocenters. The van der Waals surface area contributed by atoms with Crippen molar-refractivity contribution in [2.24, 2.45) is 0 Å². The van der Waals surface area contributed by atoms with Crippen molar-refractivity contribution in [2.75, 3.05) is 0 Å². The van der Waals surface area contributed by atoms with Crippen LogP contribution in [-0.4, -0.2) is 4.98 Å². The van der Waals surface area contributed by atoms with E-state index in [1.807, 2.05) is 30.6 Å². The van der Waals surface area contributed by atoms with Gasteiger partial charge in [0.25, 0.3) is 0 Å². The minimum Gasteiger partial charge on any atom is -0.264 e. The average molecular weight is 222 g/mol. The van der Waals surface area contributed by atoms with Gasteiger partial charge in [0.2, 0.25) is 0 Å². The normalized spacial score (nSPS) is 11.8. The van der Waals surface area contributed by atoms with E-state index < -0.39 is 0 Å². The molecule has 1 aromatic heterocycles. The van der Waals surface area contributed by atoms with E-state index in [-0.39, 0.29) is 5.92 Å². The summed E-state index contributed by atoms with van der Waals surface area (Å²) in [6.07, 6.45) is 4.23. The van der Waals surface area contributed by atoms with Crippen LogP contribution in [-0.2, 0) is 0 Å². The van der Waals surface area contributed by atoms with E-state index in [9.17, 15) is 0 Å². The Bertz CT molecular complexity index is 526. The number of hydrogen-bond donors (Lipinski definition) is 0. The highest BCUT2D eigenvalue weighted by Gasteiger charge is 2.06. The zero-order chi connectivity index (χ0) is 12.1. The molecule has 0 aliphatic carbocycles. The number of rotatable bonds is 3. The van der Waals surface area contributed by atoms with Crippen LogP contribution in [0.25, 0.3) is 11.1 Å². The Morgan fingerprint density at radius 3 is 2.65 bits per heavy atom. The molecule has 0 aliphatic heterocycles. The fourth-order valence-corrected chi connectivity index (χ4v) is 1.77. The van der Waals surface area contributed by atoms with Gasteiger partial charge < -0.3 is 0 Å². The molecule has 0 amide bonds. The van der Waals surface area contributed by atoms with Crippen LogP contribution in [0, 0.1) is 11.3 Å². The molecule has 0 bridgehead atoms. The van der Waals surface area contributed by atoms with Crippen LogP contribution in [0.15, 0.2) is 48.8 Å². The van der Waals surface area contributed by atoms with Crippen LogP contribution in [0.2, 0.25) is 0 Å². The standard InChI is InChI=1S/C15H14N2/c1-12(7-8-16)14-9-15(11-17-10-14)13-5-3-2-4-6-13/h2-6,9-12H,7H2,1H3. The Labute approximate surface area is 102 Å². The highest BCUT2D eigenvalue weighted by atomic mass is 14.6. The molecule has 0 spiro atoms. The summed E-state index contributed by atoms with van der Waals surface area (Å²) in [6.45, 7) is 2.05. The lowest BCUT2D eigenvalue weighted by atomic mass is 9.97. The second-order valence-electron chi connectivity index (χ2n) is 4.14. The predicted molar refractivity (Wildman–Crippen MR) is 68.3 cm³/mol. The first-order chi connectivity index (χ1) is 8.31. The van der Waals surface area contributed by atoms with Gasteiger partial charge in [-0.05, 0) is 23.1 Å². The Morgan fingerprint density at radius 2 is 1.94 bits per heavy atom. The van der Waals surface area contributed by atoms with Gasteiger partial charge in [-0.25, -0.2) is 0 Å². The third kappa shape index (κ3) is 2.70. The lowest BCUT2D eigenvalue weighted by Gasteiger charge is -2.09. The smallest absolute Gasteiger partial charge is 0.0628 e. The van der Waals surface area contributed by atoms with Crippen LogP contribution in [0.4, 0.5) is 0 Å². The summed E-state index contributed by atoms with van der Waals surface area (Å²) in [4.78, 5) is 4.25. The van der Waals surface area contributed by atoms with E-state index in [0.29, 0.717) is 6.42 Å².